The van der Waals surface area contributed by atoms with E-state index < -0.39 is 0 Å². The van der Waals surface area contributed by atoms with Crippen molar-refractivity contribution in [1.29, 1.82) is 0 Å². The molecule has 5 heteroatoms. The van der Waals surface area contributed by atoms with Crippen LogP contribution in [0.15, 0.2) is 23.5 Å². The zero-order valence-electron chi connectivity index (χ0n) is 14.1. The largest absolute Gasteiger partial charge is 0.357 e. The Hall–Kier alpha value is -0.720. The molecule has 0 atom stereocenters. The zero-order chi connectivity index (χ0) is 15.0. The number of hydrogen-bond donors (Lipinski definition) is 2. The molecule has 4 nitrogen and oxygen atoms in total. The lowest BCUT2D eigenvalue weighted by Crippen LogP contribution is -2.38. The van der Waals surface area contributed by atoms with E-state index >= 15 is 0 Å². The van der Waals surface area contributed by atoms with Gasteiger partial charge in [-0.25, -0.2) is 4.99 Å². The second-order valence-electron chi connectivity index (χ2n) is 6.47. The second kappa shape index (κ2) is 10.1. The minimum absolute atomic E-state index is 0. The number of aryl methyl sites for hydroxylation is 1. The van der Waals surface area contributed by atoms with Crippen molar-refractivity contribution in [3.63, 3.8) is 0 Å². The van der Waals surface area contributed by atoms with Crippen LogP contribution in [0.3, 0.4) is 0 Å². The molecule has 2 N–H and O–H groups in total. The molecule has 0 bridgehead atoms. The first kappa shape index (κ1) is 20.3. The third kappa shape index (κ3) is 9.77. The van der Waals surface area contributed by atoms with E-state index in [4.69, 9.17) is 0 Å². The Morgan fingerprint density at radius 3 is 2.52 bits per heavy atom. The molecule has 122 valence electrons. The lowest BCUT2D eigenvalue weighted by molar-refractivity contribution is 0.365. The quantitative estimate of drug-likeness (QED) is 0.329. The Morgan fingerprint density at radius 1 is 1.29 bits per heavy atom. The summed E-state index contributed by atoms with van der Waals surface area (Å²) in [7, 11) is 2.03. The molecular weight excluding hydrogens is 375 g/mol. The number of halogens is 1. The molecule has 1 heterocycles. The first-order valence-corrected chi connectivity index (χ1v) is 7.54. The molecule has 0 saturated heterocycles. The van der Waals surface area contributed by atoms with Crippen LogP contribution in [0.1, 0.15) is 46.1 Å². The number of aliphatic imine (C=N–C) groups is 1. The van der Waals surface area contributed by atoms with Gasteiger partial charge in [0.25, 0.3) is 0 Å². The van der Waals surface area contributed by atoms with Crippen LogP contribution in [0.2, 0.25) is 0 Å². The molecule has 0 aliphatic carbocycles. The third-order valence-corrected chi connectivity index (χ3v) is 3.05. The van der Waals surface area contributed by atoms with Crippen LogP contribution in [0.4, 0.5) is 0 Å². The molecule has 0 spiro atoms. The summed E-state index contributed by atoms with van der Waals surface area (Å²) in [5.74, 6) is 0.908. The summed E-state index contributed by atoms with van der Waals surface area (Å²) in [6, 6.07) is 2.10. The predicted molar refractivity (Wildman–Crippen MR) is 102 cm³/mol. The molecule has 0 fully saturated rings. The van der Waals surface area contributed by atoms with Crippen LogP contribution >= 0.6 is 24.0 Å². The number of nitrogens with zero attached hydrogens (tertiary/aromatic N) is 2. The molecule has 1 rings (SSSR count). The van der Waals surface area contributed by atoms with Crippen molar-refractivity contribution in [2.45, 2.75) is 47.1 Å². The summed E-state index contributed by atoms with van der Waals surface area (Å²) in [5.41, 5.74) is 1.64. The highest BCUT2D eigenvalue weighted by Gasteiger charge is 2.09. The molecule has 0 saturated carbocycles. The molecular formula is C16H31IN4. The maximum Gasteiger partial charge on any atom is 0.191 e. The van der Waals surface area contributed by atoms with E-state index in [0.29, 0.717) is 5.41 Å². The van der Waals surface area contributed by atoms with Crippen molar-refractivity contribution in [1.82, 2.24) is 15.2 Å². The average molecular weight is 406 g/mol. The summed E-state index contributed by atoms with van der Waals surface area (Å²) >= 11 is 0. The number of hydrogen-bond acceptors (Lipinski definition) is 1. The molecule has 0 radical (unpaired) electrons. The maximum atomic E-state index is 4.61. The minimum Gasteiger partial charge on any atom is -0.357 e. The first-order valence-electron chi connectivity index (χ1n) is 7.54. The van der Waals surface area contributed by atoms with E-state index in [-0.39, 0.29) is 24.0 Å². The summed E-state index contributed by atoms with van der Waals surface area (Å²) in [6.07, 6.45) is 6.54. The molecule has 0 aliphatic heterocycles. The fourth-order valence-corrected chi connectivity index (χ4v) is 1.99. The van der Waals surface area contributed by atoms with Crippen LogP contribution in [0.5, 0.6) is 0 Å². The van der Waals surface area contributed by atoms with Crippen molar-refractivity contribution < 1.29 is 0 Å². The third-order valence-electron chi connectivity index (χ3n) is 3.05. The van der Waals surface area contributed by atoms with Crippen LogP contribution < -0.4 is 10.6 Å². The number of aromatic nitrogens is 1. The smallest absolute Gasteiger partial charge is 0.191 e. The zero-order valence-corrected chi connectivity index (χ0v) is 16.4. The predicted octanol–water partition coefficient (Wildman–Crippen LogP) is 3.52. The first-order chi connectivity index (χ1) is 9.40. The standard InChI is InChI=1S/C16H30N4.HI/c1-6-17-15(18-10-7-9-16(2,3)4)19-12-14-8-11-20(5)13-14;/h8,11,13H,6-7,9-10,12H2,1-5H3,(H2,17,18,19);1H. The summed E-state index contributed by atoms with van der Waals surface area (Å²) in [5, 5.41) is 6.69. The van der Waals surface area contributed by atoms with Gasteiger partial charge in [-0.15, -0.1) is 24.0 Å². The lowest BCUT2D eigenvalue weighted by atomic mass is 9.91. The van der Waals surface area contributed by atoms with Gasteiger partial charge in [0.2, 0.25) is 0 Å². The van der Waals surface area contributed by atoms with E-state index in [1.807, 2.05) is 7.05 Å². The average Bonchev–Trinajstić information content (AvgIpc) is 2.76. The number of nitrogens with one attached hydrogen (secondary N) is 2. The van der Waals surface area contributed by atoms with Crippen LogP contribution in [-0.4, -0.2) is 23.6 Å². The van der Waals surface area contributed by atoms with Crippen LogP contribution in [0.25, 0.3) is 0 Å². The highest BCUT2D eigenvalue weighted by Crippen LogP contribution is 2.19. The Morgan fingerprint density at radius 2 is 2.00 bits per heavy atom. The lowest BCUT2D eigenvalue weighted by Gasteiger charge is -2.18. The maximum absolute atomic E-state index is 4.61. The van der Waals surface area contributed by atoms with E-state index in [9.17, 15) is 0 Å². The van der Waals surface area contributed by atoms with E-state index in [1.54, 1.807) is 0 Å². The van der Waals surface area contributed by atoms with Gasteiger partial charge < -0.3 is 15.2 Å². The van der Waals surface area contributed by atoms with Crippen molar-refractivity contribution in [2.75, 3.05) is 13.1 Å². The van der Waals surface area contributed by atoms with Crippen LogP contribution in [-0.2, 0) is 13.6 Å². The topological polar surface area (TPSA) is 41.4 Å². The number of guanidine groups is 1. The van der Waals surface area contributed by atoms with Gasteiger partial charge in [0.05, 0.1) is 6.54 Å². The molecule has 0 aliphatic rings. The highest BCUT2D eigenvalue weighted by molar-refractivity contribution is 14.0. The monoisotopic (exact) mass is 406 g/mol. The van der Waals surface area contributed by atoms with Gasteiger partial charge in [0.1, 0.15) is 0 Å². The molecule has 21 heavy (non-hydrogen) atoms. The van der Waals surface area contributed by atoms with Gasteiger partial charge in [-0.3, -0.25) is 0 Å². The molecule has 0 unspecified atom stereocenters. The summed E-state index contributed by atoms with van der Waals surface area (Å²) in [6.45, 7) is 11.5. The van der Waals surface area contributed by atoms with Crippen molar-refractivity contribution in [3.8, 4) is 0 Å². The fourth-order valence-electron chi connectivity index (χ4n) is 1.99. The summed E-state index contributed by atoms with van der Waals surface area (Å²) < 4.78 is 2.05. The van der Waals surface area contributed by atoms with Gasteiger partial charge >= 0.3 is 0 Å². The van der Waals surface area contributed by atoms with Crippen LogP contribution in [0, 0.1) is 5.41 Å². The van der Waals surface area contributed by atoms with Gasteiger partial charge in [-0.2, -0.15) is 0 Å². The van der Waals surface area contributed by atoms with E-state index in [0.717, 1.165) is 25.6 Å². The SMILES string of the molecule is CCNC(=NCc1ccn(C)c1)NCCCC(C)(C)C.I. The summed E-state index contributed by atoms with van der Waals surface area (Å²) in [4.78, 5) is 4.61. The van der Waals surface area contributed by atoms with Gasteiger partial charge in [0.15, 0.2) is 5.96 Å². The van der Waals surface area contributed by atoms with E-state index in [2.05, 4.69) is 66.3 Å². The Bertz CT molecular complexity index is 418. The normalized spacial score (nSPS) is 12.0. The Balaban J connectivity index is 0.00000400. The van der Waals surface area contributed by atoms with Gasteiger partial charge in [0, 0.05) is 32.5 Å². The van der Waals surface area contributed by atoms with Crippen molar-refractivity contribution >= 4 is 29.9 Å². The molecule has 1 aromatic rings. The Labute approximate surface area is 146 Å². The minimum atomic E-state index is 0. The Kier molecular flexibility index (Phi) is 9.74. The van der Waals surface area contributed by atoms with Crippen molar-refractivity contribution in [2.24, 2.45) is 17.5 Å². The van der Waals surface area contributed by atoms with Crippen molar-refractivity contribution in [3.05, 3.63) is 24.0 Å². The molecule has 0 aromatic carbocycles. The number of rotatable bonds is 6. The van der Waals surface area contributed by atoms with E-state index in [1.165, 1.54) is 18.4 Å². The van der Waals surface area contributed by atoms with Gasteiger partial charge in [-0.1, -0.05) is 20.8 Å². The fraction of sp³-hybridized carbons (Fsp3) is 0.688. The molecule has 0 amide bonds. The van der Waals surface area contributed by atoms with Gasteiger partial charge in [-0.05, 0) is 36.8 Å². The highest BCUT2D eigenvalue weighted by atomic mass is 127. The second-order valence-corrected chi connectivity index (χ2v) is 6.47. The molecule has 1 aromatic heterocycles.